The van der Waals surface area contributed by atoms with Gasteiger partial charge in [0, 0.05) is 23.2 Å². The number of anilines is 1. The van der Waals surface area contributed by atoms with E-state index in [1.807, 2.05) is 29.6 Å². The Kier molecular flexibility index (Phi) is 5.37. The quantitative estimate of drug-likeness (QED) is 0.645. The first kappa shape index (κ1) is 19.8. The highest BCUT2D eigenvalue weighted by Crippen LogP contribution is 2.43. The number of benzene rings is 2. The van der Waals surface area contributed by atoms with Crippen LogP contribution in [-0.4, -0.2) is 36.8 Å². The first-order chi connectivity index (χ1) is 14.5. The highest BCUT2D eigenvalue weighted by atomic mass is 32.1. The highest BCUT2D eigenvalue weighted by Gasteiger charge is 2.43. The third kappa shape index (κ3) is 3.48. The lowest BCUT2D eigenvalue weighted by molar-refractivity contribution is -0.119. The van der Waals surface area contributed by atoms with Gasteiger partial charge in [0.05, 0.1) is 24.6 Å². The molecule has 7 heteroatoms. The molecule has 2 heterocycles. The van der Waals surface area contributed by atoms with Gasteiger partial charge < -0.3 is 15.0 Å². The number of rotatable bonds is 4. The van der Waals surface area contributed by atoms with Crippen molar-refractivity contribution in [3.8, 4) is 0 Å². The average molecular weight is 420 g/mol. The zero-order valence-corrected chi connectivity index (χ0v) is 17.3. The Hall–Kier alpha value is -3.45. The minimum atomic E-state index is -0.567. The molecular formula is C23H20N2O4S. The van der Waals surface area contributed by atoms with Crippen LogP contribution in [0.25, 0.3) is 0 Å². The number of hydrogen-bond donors (Lipinski definition) is 1. The summed E-state index contributed by atoms with van der Waals surface area (Å²) in [4.78, 5) is 40.6. The van der Waals surface area contributed by atoms with E-state index in [0.29, 0.717) is 22.4 Å². The molecule has 0 aliphatic carbocycles. The summed E-state index contributed by atoms with van der Waals surface area (Å²) in [5, 5.41) is 4.88. The van der Waals surface area contributed by atoms with E-state index in [0.717, 1.165) is 4.88 Å². The minimum Gasteiger partial charge on any atom is -0.465 e. The second-order valence-electron chi connectivity index (χ2n) is 7.00. The average Bonchev–Trinajstić information content (AvgIpc) is 3.30. The number of amides is 2. The van der Waals surface area contributed by atoms with Gasteiger partial charge in [0.2, 0.25) is 5.91 Å². The molecule has 0 saturated heterocycles. The normalized spacial score (nSPS) is 17.9. The summed E-state index contributed by atoms with van der Waals surface area (Å²) in [5.74, 6) is -1.32. The number of nitrogens with zero attached hydrogens (tertiary/aromatic N) is 1. The Bertz CT molecular complexity index is 1090. The maximum atomic E-state index is 13.4. The molecule has 3 aromatic rings. The molecule has 2 atom stereocenters. The van der Waals surface area contributed by atoms with Gasteiger partial charge in [-0.1, -0.05) is 24.3 Å². The molecular weight excluding hydrogens is 400 g/mol. The van der Waals surface area contributed by atoms with E-state index in [2.05, 4.69) is 5.32 Å². The Balaban J connectivity index is 1.70. The number of nitrogens with one attached hydrogen (secondary N) is 1. The van der Waals surface area contributed by atoms with Gasteiger partial charge in [0.25, 0.3) is 5.91 Å². The molecule has 1 aliphatic heterocycles. The van der Waals surface area contributed by atoms with Gasteiger partial charge in [0.15, 0.2) is 0 Å². The Morgan fingerprint density at radius 2 is 1.77 bits per heavy atom. The Morgan fingerprint density at radius 3 is 2.43 bits per heavy atom. The van der Waals surface area contributed by atoms with Crippen LogP contribution in [0.5, 0.6) is 0 Å². The van der Waals surface area contributed by atoms with Crippen molar-refractivity contribution in [2.75, 3.05) is 19.5 Å². The lowest BCUT2D eigenvalue weighted by Crippen LogP contribution is -2.43. The molecule has 0 saturated carbocycles. The van der Waals surface area contributed by atoms with Crippen LogP contribution in [0.15, 0.2) is 66.0 Å². The summed E-state index contributed by atoms with van der Waals surface area (Å²) in [6.45, 7) is 0. The van der Waals surface area contributed by atoms with E-state index < -0.39 is 17.9 Å². The molecule has 0 radical (unpaired) electrons. The lowest BCUT2D eigenvalue weighted by Gasteiger charge is -2.39. The zero-order valence-electron chi connectivity index (χ0n) is 16.5. The number of thiophene rings is 1. The highest BCUT2D eigenvalue weighted by molar-refractivity contribution is 7.10. The number of likely N-dealkylation sites (N-methyl/N-ethyl adjacent to an activating group) is 1. The van der Waals surface area contributed by atoms with Crippen molar-refractivity contribution in [2.24, 2.45) is 0 Å². The summed E-state index contributed by atoms with van der Waals surface area (Å²) in [7, 11) is 3.05. The van der Waals surface area contributed by atoms with Crippen LogP contribution in [-0.2, 0) is 9.53 Å². The molecule has 1 N–H and O–H groups in total. The molecule has 4 rings (SSSR count). The van der Waals surface area contributed by atoms with Crippen LogP contribution in [0.4, 0.5) is 5.69 Å². The lowest BCUT2D eigenvalue weighted by atomic mass is 9.81. The fourth-order valence-electron chi connectivity index (χ4n) is 3.80. The number of methoxy groups -OCH3 is 1. The van der Waals surface area contributed by atoms with Gasteiger partial charge in [-0.15, -0.1) is 11.3 Å². The fourth-order valence-corrected chi connectivity index (χ4v) is 4.70. The van der Waals surface area contributed by atoms with Crippen molar-refractivity contribution >= 4 is 34.8 Å². The Labute approximate surface area is 178 Å². The van der Waals surface area contributed by atoms with Crippen molar-refractivity contribution in [1.29, 1.82) is 0 Å². The van der Waals surface area contributed by atoms with E-state index in [9.17, 15) is 14.4 Å². The fraction of sp³-hybridized carbons (Fsp3) is 0.174. The molecule has 30 heavy (non-hydrogen) atoms. The number of carbonyl (C=O) groups excluding carboxylic acids is 3. The van der Waals surface area contributed by atoms with Crippen LogP contribution >= 0.6 is 11.3 Å². The molecule has 1 aromatic heterocycles. The SMILES string of the molecule is COC(=O)c1ccc(NC(=O)C2c3ccccc3C(=O)N(C)C2c2cccs2)cc1. The molecule has 1 aliphatic rings. The number of carbonyl (C=O) groups is 3. The molecule has 2 unspecified atom stereocenters. The summed E-state index contributed by atoms with van der Waals surface area (Å²) < 4.78 is 4.71. The van der Waals surface area contributed by atoms with Crippen molar-refractivity contribution < 1.29 is 19.1 Å². The second kappa shape index (κ2) is 8.12. The van der Waals surface area contributed by atoms with E-state index in [1.54, 1.807) is 48.3 Å². The predicted molar refractivity (Wildman–Crippen MR) is 115 cm³/mol. The topological polar surface area (TPSA) is 75.7 Å². The number of esters is 1. The molecule has 2 aromatic carbocycles. The minimum absolute atomic E-state index is 0.101. The summed E-state index contributed by atoms with van der Waals surface area (Å²) >= 11 is 1.52. The van der Waals surface area contributed by atoms with E-state index in [-0.39, 0.29) is 11.8 Å². The van der Waals surface area contributed by atoms with Crippen LogP contribution in [0, 0.1) is 0 Å². The molecule has 2 amide bonds. The van der Waals surface area contributed by atoms with Crippen LogP contribution < -0.4 is 5.32 Å². The summed E-state index contributed by atoms with van der Waals surface area (Å²) in [5.41, 5.74) is 2.21. The maximum absolute atomic E-state index is 13.4. The Morgan fingerprint density at radius 1 is 1.03 bits per heavy atom. The standard InChI is InChI=1S/C23H20N2O4S/c1-25-20(18-8-5-13-30-18)19(16-6-3-4-7-17(16)22(25)27)21(26)24-15-11-9-14(10-12-15)23(28)29-2/h3-13,19-20H,1-2H3,(H,24,26). The van der Waals surface area contributed by atoms with Gasteiger partial charge in [-0.3, -0.25) is 9.59 Å². The summed E-state index contributed by atoms with van der Waals surface area (Å²) in [6, 6.07) is 17.2. The van der Waals surface area contributed by atoms with Gasteiger partial charge >= 0.3 is 5.97 Å². The molecule has 152 valence electrons. The van der Waals surface area contributed by atoms with Crippen LogP contribution in [0.1, 0.15) is 43.1 Å². The maximum Gasteiger partial charge on any atom is 0.337 e. The van der Waals surface area contributed by atoms with Crippen molar-refractivity contribution in [1.82, 2.24) is 4.90 Å². The monoisotopic (exact) mass is 420 g/mol. The van der Waals surface area contributed by atoms with Crippen LogP contribution in [0.2, 0.25) is 0 Å². The molecule has 0 fully saturated rings. The van der Waals surface area contributed by atoms with E-state index in [4.69, 9.17) is 4.74 Å². The number of fused-ring (bicyclic) bond motifs is 1. The largest absolute Gasteiger partial charge is 0.465 e. The number of hydrogen-bond acceptors (Lipinski definition) is 5. The third-order valence-electron chi connectivity index (χ3n) is 5.27. The summed E-state index contributed by atoms with van der Waals surface area (Å²) in [6.07, 6.45) is 0. The van der Waals surface area contributed by atoms with Crippen molar-refractivity contribution in [2.45, 2.75) is 12.0 Å². The van der Waals surface area contributed by atoms with Gasteiger partial charge in [-0.05, 0) is 47.3 Å². The van der Waals surface area contributed by atoms with Crippen molar-refractivity contribution in [3.63, 3.8) is 0 Å². The second-order valence-corrected chi connectivity index (χ2v) is 7.98. The molecule has 6 nitrogen and oxygen atoms in total. The van der Waals surface area contributed by atoms with Gasteiger partial charge in [0.1, 0.15) is 0 Å². The van der Waals surface area contributed by atoms with Gasteiger partial charge in [-0.2, -0.15) is 0 Å². The third-order valence-corrected chi connectivity index (χ3v) is 6.21. The number of ether oxygens (including phenoxy) is 1. The van der Waals surface area contributed by atoms with E-state index in [1.165, 1.54) is 18.4 Å². The van der Waals surface area contributed by atoms with E-state index >= 15 is 0 Å². The first-order valence-electron chi connectivity index (χ1n) is 9.40. The predicted octanol–water partition coefficient (Wildman–Crippen LogP) is 4.08. The molecule has 0 spiro atoms. The smallest absolute Gasteiger partial charge is 0.337 e. The first-order valence-corrected chi connectivity index (χ1v) is 10.3. The zero-order chi connectivity index (χ0) is 21.3. The van der Waals surface area contributed by atoms with Gasteiger partial charge in [-0.25, -0.2) is 4.79 Å². The van der Waals surface area contributed by atoms with Crippen molar-refractivity contribution in [3.05, 3.63) is 87.6 Å². The molecule has 0 bridgehead atoms. The van der Waals surface area contributed by atoms with Crippen LogP contribution in [0.3, 0.4) is 0 Å².